The Hall–Kier alpha value is -1.39. The number of hydrogen-bond acceptors (Lipinski definition) is 3. The number of nitrogens with zero attached hydrogens (tertiary/aromatic N) is 3. The highest BCUT2D eigenvalue weighted by atomic mass is 16.2. The maximum atomic E-state index is 12.2. The van der Waals surface area contributed by atoms with Crippen molar-refractivity contribution >= 4 is 5.91 Å². The molecular weight excluding hydrogens is 228 g/mol. The van der Waals surface area contributed by atoms with Crippen LogP contribution in [-0.4, -0.2) is 39.1 Å². The summed E-state index contributed by atoms with van der Waals surface area (Å²) in [6, 6.07) is 0. The smallest absolute Gasteiger partial charge is 0.293 e. The standard InChI is InChI=1S/C13H24N4O/c1-7-17(8-9(2)3)11(18)10-14-12(16-15-10)13(4,5)6/h9H,7-8H2,1-6H3,(H,14,15,16). The third-order valence-corrected chi connectivity index (χ3v) is 2.64. The van der Waals surface area contributed by atoms with Gasteiger partial charge in [0.1, 0.15) is 5.82 Å². The highest BCUT2D eigenvalue weighted by Crippen LogP contribution is 2.17. The Kier molecular flexibility index (Phi) is 4.48. The summed E-state index contributed by atoms with van der Waals surface area (Å²) in [7, 11) is 0. The normalized spacial score (nSPS) is 11.9. The van der Waals surface area contributed by atoms with Crippen molar-refractivity contribution in [1.29, 1.82) is 0 Å². The second kappa shape index (κ2) is 5.50. The van der Waals surface area contributed by atoms with E-state index in [0.717, 1.165) is 12.4 Å². The van der Waals surface area contributed by atoms with E-state index in [1.54, 1.807) is 4.90 Å². The van der Waals surface area contributed by atoms with E-state index < -0.39 is 0 Å². The van der Waals surface area contributed by atoms with Crippen LogP contribution in [0.5, 0.6) is 0 Å². The molecule has 102 valence electrons. The van der Waals surface area contributed by atoms with Gasteiger partial charge in [-0.1, -0.05) is 34.6 Å². The third-order valence-electron chi connectivity index (χ3n) is 2.64. The van der Waals surface area contributed by atoms with Gasteiger partial charge in [0, 0.05) is 18.5 Å². The van der Waals surface area contributed by atoms with Crippen LogP contribution in [0.25, 0.3) is 0 Å². The molecule has 1 rings (SSSR count). The molecule has 5 nitrogen and oxygen atoms in total. The maximum absolute atomic E-state index is 12.2. The van der Waals surface area contributed by atoms with Crippen molar-refractivity contribution in [3.05, 3.63) is 11.6 Å². The van der Waals surface area contributed by atoms with Crippen LogP contribution < -0.4 is 0 Å². The molecule has 1 amide bonds. The first-order chi connectivity index (χ1) is 8.25. The van der Waals surface area contributed by atoms with Crippen LogP contribution in [0, 0.1) is 5.92 Å². The van der Waals surface area contributed by atoms with Crippen molar-refractivity contribution in [1.82, 2.24) is 20.1 Å². The Labute approximate surface area is 109 Å². The van der Waals surface area contributed by atoms with E-state index in [0.29, 0.717) is 12.5 Å². The monoisotopic (exact) mass is 252 g/mol. The van der Waals surface area contributed by atoms with E-state index in [-0.39, 0.29) is 17.1 Å². The summed E-state index contributed by atoms with van der Waals surface area (Å²) in [5, 5.41) is 6.88. The molecule has 1 N–H and O–H groups in total. The summed E-state index contributed by atoms with van der Waals surface area (Å²) >= 11 is 0. The minimum absolute atomic E-state index is 0.0991. The second-order valence-electron chi connectivity index (χ2n) is 6.00. The van der Waals surface area contributed by atoms with E-state index in [4.69, 9.17) is 0 Å². The number of amides is 1. The van der Waals surface area contributed by atoms with Crippen LogP contribution in [0.15, 0.2) is 0 Å². The number of carbonyl (C=O) groups excluding carboxylic acids is 1. The van der Waals surface area contributed by atoms with Gasteiger partial charge in [-0.2, -0.15) is 0 Å². The first-order valence-corrected chi connectivity index (χ1v) is 6.47. The molecule has 1 aromatic rings. The van der Waals surface area contributed by atoms with Gasteiger partial charge in [0.2, 0.25) is 5.82 Å². The Morgan fingerprint density at radius 3 is 2.39 bits per heavy atom. The Bertz CT molecular complexity index is 403. The predicted octanol–water partition coefficient (Wildman–Crippen LogP) is 2.22. The molecule has 0 aliphatic rings. The Morgan fingerprint density at radius 1 is 1.39 bits per heavy atom. The minimum atomic E-state index is -0.124. The largest absolute Gasteiger partial charge is 0.336 e. The van der Waals surface area contributed by atoms with Gasteiger partial charge in [-0.15, -0.1) is 5.10 Å². The van der Waals surface area contributed by atoms with E-state index in [1.807, 2.05) is 27.7 Å². The number of carbonyl (C=O) groups is 1. The van der Waals surface area contributed by atoms with Crippen molar-refractivity contribution in [2.45, 2.75) is 47.0 Å². The molecule has 0 aromatic carbocycles. The SMILES string of the molecule is CCN(CC(C)C)C(=O)c1n[nH]c(C(C)(C)C)n1. The molecule has 0 aliphatic carbocycles. The summed E-state index contributed by atoms with van der Waals surface area (Å²) in [5.41, 5.74) is -0.124. The fourth-order valence-corrected chi connectivity index (χ4v) is 1.63. The molecule has 0 aliphatic heterocycles. The van der Waals surface area contributed by atoms with E-state index >= 15 is 0 Å². The van der Waals surface area contributed by atoms with E-state index in [9.17, 15) is 4.79 Å². The summed E-state index contributed by atoms with van der Waals surface area (Å²) in [6.45, 7) is 13.7. The highest BCUT2D eigenvalue weighted by Gasteiger charge is 2.24. The van der Waals surface area contributed by atoms with Gasteiger partial charge < -0.3 is 4.90 Å². The van der Waals surface area contributed by atoms with Gasteiger partial charge in [-0.25, -0.2) is 4.98 Å². The zero-order chi connectivity index (χ0) is 13.9. The summed E-state index contributed by atoms with van der Waals surface area (Å²) < 4.78 is 0. The molecule has 1 heterocycles. The number of hydrogen-bond donors (Lipinski definition) is 1. The minimum Gasteiger partial charge on any atom is -0.336 e. The number of aromatic amines is 1. The number of rotatable bonds is 4. The molecule has 0 fully saturated rings. The van der Waals surface area contributed by atoms with E-state index in [2.05, 4.69) is 29.0 Å². The molecule has 0 saturated heterocycles. The van der Waals surface area contributed by atoms with Crippen molar-refractivity contribution in [3.8, 4) is 0 Å². The molecule has 0 unspecified atom stereocenters. The number of H-pyrrole nitrogens is 1. The van der Waals surface area contributed by atoms with Crippen molar-refractivity contribution < 1.29 is 4.79 Å². The fourth-order valence-electron chi connectivity index (χ4n) is 1.63. The number of nitrogens with one attached hydrogen (secondary N) is 1. The maximum Gasteiger partial charge on any atom is 0.293 e. The van der Waals surface area contributed by atoms with Gasteiger partial charge in [-0.05, 0) is 12.8 Å². The van der Waals surface area contributed by atoms with Gasteiger partial charge in [-0.3, -0.25) is 9.89 Å². The predicted molar refractivity (Wildman–Crippen MR) is 71.5 cm³/mol. The van der Waals surface area contributed by atoms with Gasteiger partial charge in [0.15, 0.2) is 0 Å². The van der Waals surface area contributed by atoms with E-state index in [1.165, 1.54) is 0 Å². The summed E-state index contributed by atoms with van der Waals surface area (Å²) in [4.78, 5) is 18.3. The lowest BCUT2D eigenvalue weighted by Gasteiger charge is -2.21. The zero-order valence-corrected chi connectivity index (χ0v) is 12.2. The van der Waals surface area contributed by atoms with Gasteiger partial charge >= 0.3 is 0 Å². The van der Waals surface area contributed by atoms with Crippen LogP contribution in [0.2, 0.25) is 0 Å². The third kappa shape index (κ3) is 3.55. The summed E-state index contributed by atoms with van der Waals surface area (Å²) in [6.07, 6.45) is 0. The van der Waals surface area contributed by atoms with Crippen LogP contribution in [0.4, 0.5) is 0 Å². The topological polar surface area (TPSA) is 61.9 Å². The average molecular weight is 252 g/mol. The lowest BCUT2D eigenvalue weighted by molar-refractivity contribution is 0.0734. The molecule has 0 radical (unpaired) electrons. The molecule has 0 atom stereocenters. The van der Waals surface area contributed by atoms with Crippen molar-refractivity contribution in [2.24, 2.45) is 5.92 Å². The molecule has 5 heteroatoms. The molecule has 1 aromatic heterocycles. The highest BCUT2D eigenvalue weighted by molar-refractivity contribution is 5.90. The molecule has 0 spiro atoms. The van der Waals surface area contributed by atoms with Crippen LogP contribution in [0.1, 0.15) is 58.0 Å². The second-order valence-corrected chi connectivity index (χ2v) is 6.00. The quantitative estimate of drug-likeness (QED) is 0.893. The molecule has 18 heavy (non-hydrogen) atoms. The first-order valence-electron chi connectivity index (χ1n) is 6.47. The van der Waals surface area contributed by atoms with Crippen LogP contribution in [0.3, 0.4) is 0 Å². The van der Waals surface area contributed by atoms with Gasteiger partial charge in [0.05, 0.1) is 0 Å². The Morgan fingerprint density at radius 2 is 2.00 bits per heavy atom. The van der Waals surface area contributed by atoms with Gasteiger partial charge in [0.25, 0.3) is 5.91 Å². The molecular formula is C13H24N4O. The van der Waals surface area contributed by atoms with Crippen molar-refractivity contribution in [2.75, 3.05) is 13.1 Å². The first kappa shape index (κ1) is 14.7. The molecule has 0 bridgehead atoms. The summed E-state index contributed by atoms with van der Waals surface area (Å²) in [5.74, 6) is 1.35. The fraction of sp³-hybridized carbons (Fsp3) is 0.769. The molecule has 0 saturated carbocycles. The average Bonchev–Trinajstić information content (AvgIpc) is 2.73. The lowest BCUT2D eigenvalue weighted by Crippen LogP contribution is -2.34. The zero-order valence-electron chi connectivity index (χ0n) is 12.2. The van der Waals surface area contributed by atoms with Crippen LogP contribution >= 0.6 is 0 Å². The van der Waals surface area contributed by atoms with Crippen molar-refractivity contribution in [3.63, 3.8) is 0 Å². The Balaban J connectivity index is 2.86. The van der Waals surface area contributed by atoms with Crippen LogP contribution in [-0.2, 0) is 5.41 Å². The lowest BCUT2D eigenvalue weighted by atomic mass is 9.96. The number of aromatic nitrogens is 3.